The topological polar surface area (TPSA) is 49.6 Å². The van der Waals surface area contributed by atoms with Gasteiger partial charge in [-0.05, 0) is 36.5 Å². The van der Waals surface area contributed by atoms with Gasteiger partial charge in [-0.1, -0.05) is 26.0 Å². The molecule has 2 N–H and O–H groups in total. The first-order chi connectivity index (χ1) is 10.7. The van der Waals surface area contributed by atoms with Crippen LogP contribution in [0, 0.1) is 11.2 Å². The maximum absolute atomic E-state index is 13.0. The predicted octanol–water partition coefficient (Wildman–Crippen LogP) is 2.40. The van der Waals surface area contributed by atoms with E-state index in [4.69, 9.17) is 5.73 Å². The van der Waals surface area contributed by atoms with E-state index in [-0.39, 0.29) is 29.2 Å². The molecule has 128 valence electrons. The summed E-state index contributed by atoms with van der Waals surface area (Å²) in [6.07, 6.45) is 0.914. The fourth-order valence-electron chi connectivity index (χ4n) is 3.10. The Bertz CT molecular complexity index is 544. The highest BCUT2D eigenvalue weighted by molar-refractivity contribution is 5.78. The van der Waals surface area contributed by atoms with Crippen LogP contribution in [0.25, 0.3) is 0 Å². The summed E-state index contributed by atoms with van der Waals surface area (Å²) in [5.41, 5.74) is 7.11. The lowest BCUT2D eigenvalue weighted by Gasteiger charge is -2.42. The van der Waals surface area contributed by atoms with Crippen LogP contribution in [0.4, 0.5) is 4.39 Å². The molecule has 2 rings (SSSR count). The van der Waals surface area contributed by atoms with Gasteiger partial charge in [0.25, 0.3) is 0 Å². The third-order valence-electron chi connectivity index (χ3n) is 5.08. The lowest BCUT2D eigenvalue weighted by atomic mass is 9.80. The van der Waals surface area contributed by atoms with Crippen LogP contribution < -0.4 is 5.73 Å². The van der Waals surface area contributed by atoms with Crippen molar-refractivity contribution < 1.29 is 9.18 Å². The van der Waals surface area contributed by atoms with Gasteiger partial charge in [0.15, 0.2) is 0 Å². The molecule has 2 unspecified atom stereocenters. The number of hydrogen-bond acceptors (Lipinski definition) is 3. The van der Waals surface area contributed by atoms with Gasteiger partial charge in [-0.15, -0.1) is 0 Å². The van der Waals surface area contributed by atoms with E-state index in [1.54, 1.807) is 24.1 Å². The number of rotatable bonds is 4. The van der Waals surface area contributed by atoms with Gasteiger partial charge in [-0.25, -0.2) is 4.39 Å². The van der Waals surface area contributed by atoms with E-state index in [0.29, 0.717) is 6.54 Å². The molecule has 1 saturated heterocycles. The van der Waals surface area contributed by atoms with E-state index in [9.17, 15) is 9.18 Å². The molecular weight excluding hydrogens is 293 g/mol. The van der Waals surface area contributed by atoms with Gasteiger partial charge in [-0.3, -0.25) is 9.69 Å². The molecular formula is C18H28FN3O. The first-order valence-electron chi connectivity index (χ1n) is 8.20. The number of nitrogens with zero attached hydrogens (tertiary/aromatic N) is 2. The third-order valence-corrected chi connectivity index (χ3v) is 5.08. The van der Waals surface area contributed by atoms with Gasteiger partial charge in [0, 0.05) is 26.2 Å². The number of benzene rings is 1. The number of nitrogens with two attached hydrogens (primary N) is 1. The van der Waals surface area contributed by atoms with Crippen LogP contribution in [0.1, 0.15) is 38.8 Å². The first kappa shape index (κ1) is 17.9. The average molecular weight is 321 g/mol. The fourth-order valence-corrected chi connectivity index (χ4v) is 3.10. The molecule has 1 aromatic rings. The lowest BCUT2D eigenvalue weighted by Crippen LogP contribution is -2.54. The van der Waals surface area contributed by atoms with Crippen LogP contribution in [0.15, 0.2) is 24.3 Å². The summed E-state index contributed by atoms with van der Waals surface area (Å²) in [4.78, 5) is 16.5. The Morgan fingerprint density at radius 2 is 2.04 bits per heavy atom. The number of likely N-dealkylation sites (N-methyl/N-ethyl adjacent to an activating group) is 1. The average Bonchev–Trinajstić information content (AvgIpc) is 2.50. The molecule has 0 bridgehead atoms. The molecule has 0 aliphatic carbocycles. The molecule has 1 fully saturated rings. The minimum atomic E-state index is -0.262. The third kappa shape index (κ3) is 4.30. The van der Waals surface area contributed by atoms with Crippen molar-refractivity contribution >= 4 is 5.91 Å². The predicted molar refractivity (Wildman–Crippen MR) is 90.4 cm³/mol. The van der Waals surface area contributed by atoms with Gasteiger partial charge < -0.3 is 10.6 Å². The monoisotopic (exact) mass is 321 g/mol. The second-order valence-corrected chi connectivity index (χ2v) is 7.33. The normalized spacial score (nSPS) is 22.6. The molecule has 1 aliphatic heterocycles. The Balaban J connectivity index is 1.96. The van der Waals surface area contributed by atoms with Crippen LogP contribution >= 0.6 is 0 Å². The number of hydrogen-bond donors (Lipinski definition) is 1. The minimum Gasteiger partial charge on any atom is -0.338 e. The Morgan fingerprint density at radius 3 is 2.61 bits per heavy atom. The summed E-state index contributed by atoms with van der Waals surface area (Å²) in [5, 5.41) is 0. The van der Waals surface area contributed by atoms with E-state index in [2.05, 4.69) is 18.7 Å². The van der Waals surface area contributed by atoms with Crippen molar-refractivity contribution in [3.8, 4) is 0 Å². The van der Waals surface area contributed by atoms with Gasteiger partial charge in [-0.2, -0.15) is 0 Å². The number of carbonyl (C=O) groups excluding carboxylic acids is 1. The largest absolute Gasteiger partial charge is 0.338 e. The Labute approximate surface area is 138 Å². The highest BCUT2D eigenvalue weighted by atomic mass is 19.1. The van der Waals surface area contributed by atoms with Gasteiger partial charge in [0.2, 0.25) is 5.91 Å². The molecule has 1 aliphatic rings. The number of likely N-dealkylation sites (tertiary alicyclic amines) is 1. The van der Waals surface area contributed by atoms with Crippen LogP contribution in [-0.4, -0.2) is 48.4 Å². The van der Waals surface area contributed by atoms with Crippen LogP contribution in [0.5, 0.6) is 0 Å². The van der Waals surface area contributed by atoms with Gasteiger partial charge >= 0.3 is 0 Å². The van der Waals surface area contributed by atoms with E-state index >= 15 is 0 Å². The van der Waals surface area contributed by atoms with Crippen molar-refractivity contribution in [3.63, 3.8) is 0 Å². The van der Waals surface area contributed by atoms with Crippen molar-refractivity contribution in [2.24, 2.45) is 11.1 Å². The van der Waals surface area contributed by atoms with Crippen molar-refractivity contribution in [1.29, 1.82) is 0 Å². The maximum Gasteiger partial charge on any atom is 0.236 e. The summed E-state index contributed by atoms with van der Waals surface area (Å²) in [5.74, 6) is -0.185. The summed E-state index contributed by atoms with van der Waals surface area (Å²) in [6.45, 7) is 8.35. The zero-order valence-corrected chi connectivity index (χ0v) is 14.6. The Morgan fingerprint density at radius 1 is 1.43 bits per heavy atom. The maximum atomic E-state index is 13.0. The van der Waals surface area contributed by atoms with E-state index in [1.165, 1.54) is 12.1 Å². The Kier molecular flexibility index (Phi) is 5.42. The molecule has 0 radical (unpaired) electrons. The molecule has 0 spiro atoms. The summed E-state index contributed by atoms with van der Waals surface area (Å²) in [6, 6.07) is 6.42. The molecule has 4 nitrogen and oxygen atoms in total. The quantitative estimate of drug-likeness (QED) is 0.926. The molecule has 23 heavy (non-hydrogen) atoms. The molecule has 5 heteroatoms. The number of piperidine rings is 1. The molecule has 0 aromatic heterocycles. The van der Waals surface area contributed by atoms with Crippen molar-refractivity contribution in [2.45, 2.75) is 39.3 Å². The van der Waals surface area contributed by atoms with Crippen LogP contribution in [0.3, 0.4) is 0 Å². The van der Waals surface area contributed by atoms with E-state index in [1.807, 2.05) is 6.92 Å². The van der Waals surface area contributed by atoms with Crippen molar-refractivity contribution in [2.75, 3.05) is 26.7 Å². The van der Waals surface area contributed by atoms with Crippen molar-refractivity contribution in [3.05, 3.63) is 35.6 Å². The van der Waals surface area contributed by atoms with Crippen LogP contribution in [0.2, 0.25) is 0 Å². The molecule has 1 aromatic carbocycles. The van der Waals surface area contributed by atoms with Crippen molar-refractivity contribution in [1.82, 2.24) is 9.80 Å². The summed E-state index contributed by atoms with van der Waals surface area (Å²) >= 11 is 0. The number of halogens is 1. The van der Waals surface area contributed by atoms with E-state index < -0.39 is 0 Å². The molecule has 2 atom stereocenters. The second-order valence-electron chi connectivity index (χ2n) is 7.33. The zero-order valence-electron chi connectivity index (χ0n) is 14.6. The standard InChI is InChI=1S/C18H28FN3O/c1-13(14-5-7-15(19)8-6-14)21(4)17(23)11-22-10-9-16(20)18(2,3)12-22/h5-8,13,16H,9-12,20H2,1-4H3. The smallest absolute Gasteiger partial charge is 0.236 e. The highest BCUT2D eigenvalue weighted by Crippen LogP contribution is 2.28. The zero-order chi connectivity index (χ0) is 17.2. The summed E-state index contributed by atoms with van der Waals surface area (Å²) in [7, 11) is 1.80. The van der Waals surface area contributed by atoms with Crippen LogP contribution in [-0.2, 0) is 4.79 Å². The molecule has 1 amide bonds. The Hall–Kier alpha value is -1.46. The lowest BCUT2D eigenvalue weighted by molar-refractivity contribution is -0.133. The second kappa shape index (κ2) is 6.97. The summed E-state index contributed by atoms with van der Waals surface area (Å²) < 4.78 is 13.0. The first-order valence-corrected chi connectivity index (χ1v) is 8.20. The van der Waals surface area contributed by atoms with E-state index in [0.717, 1.165) is 25.1 Å². The number of carbonyl (C=O) groups is 1. The molecule has 0 saturated carbocycles. The van der Waals surface area contributed by atoms with Gasteiger partial charge in [0.1, 0.15) is 5.82 Å². The minimum absolute atomic E-state index is 0.0275. The molecule has 1 heterocycles. The SMILES string of the molecule is CC(c1ccc(F)cc1)N(C)C(=O)CN1CCC(N)C(C)(C)C1. The number of amides is 1. The van der Waals surface area contributed by atoms with Gasteiger partial charge in [0.05, 0.1) is 12.6 Å². The highest BCUT2D eigenvalue weighted by Gasteiger charge is 2.34. The fraction of sp³-hybridized carbons (Fsp3) is 0.611.